The predicted molar refractivity (Wildman–Crippen MR) is 41.2 cm³/mol. The highest BCUT2D eigenvalue weighted by atomic mass is 79.9. The number of aromatic nitrogens is 1. The second kappa shape index (κ2) is 2.82. The minimum atomic E-state index is -4.30. The van der Waals surface area contributed by atoms with Gasteiger partial charge in [-0.3, -0.25) is 0 Å². The molecule has 1 nitrogen and oxygen atoms in total. The van der Waals surface area contributed by atoms with Crippen LogP contribution >= 0.6 is 31.9 Å². The molecule has 1 rings (SSSR count). The molecule has 0 aromatic carbocycles. The molecule has 1 heterocycles. The third kappa shape index (κ3) is 1.99. The van der Waals surface area contributed by atoms with Crippen molar-refractivity contribution in [1.29, 1.82) is 0 Å². The molecule has 1 aromatic rings. The molecule has 0 fully saturated rings. The van der Waals surface area contributed by atoms with E-state index in [0.29, 0.717) is 4.60 Å². The van der Waals surface area contributed by atoms with Gasteiger partial charge in [0, 0.05) is 0 Å². The van der Waals surface area contributed by atoms with E-state index in [1.54, 1.807) is 0 Å². The van der Waals surface area contributed by atoms with Crippen molar-refractivity contribution in [3.05, 3.63) is 20.8 Å². The molecule has 0 radical (unpaired) electrons. The smallest absolute Gasteiger partial charge is 0.344 e. The van der Waals surface area contributed by atoms with Crippen molar-refractivity contribution in [1.82, 2.24) is 4.98 Å². The molecule has 0 unspecified atom stereocenters. The van der Waals surface area contributed by atoms with Crippen molar-refractivity contribution in [3.8, 4) is 0 Å². The van der Waals surface area contributed by atoms with Crippen LogP contribution in [0.15, 0.2) is 15.3 Å². The van der Waals surface area contributed by atoms with E-state index in [1.165, 1.54) is 0 Å². The van der Waals surface area contributed by atoms with E-state index >= 15 is 0 Å². The Hall–Kier alpha value is 0.0300. The molecule has 6 heteroatoms. The van der Waals surface area contributed by atoms with Gasteiger partial charge in [-0.05, 0) is 37.9 Å². The second-order valence-corrected chi connectivity index (χ2v) is 3.49. The van der Waals surface area contributed by atoms with Crippen LogP contribution in [0.5, 0.6) is 0 Å². The van der Waals surface area contributed by atoms with Crippen LogP contribution < -0.4 is 0 Å². The summed E-state index contributed by atoms with van der Waals surface area (Å²) in [4.78, 5) is 2.43. The van der Waals surface area contributed by atoms with Gasteiger partial charge in [-0.2, -0.15) is 13.2 Å². The number of alkyl halides is 3. The lowest BCUT2D eigenvalue weighted by Gasteiger charge is -2.02. The zero-order valence-corrected chi connectivity index (χ0v) is 8.14. The molecular formula is C5H2Br2F3N. The monoisotopic (exact) mass is 291 g/mol. The summed E-state index contributed by atoms with van der Waals surface area (Å²) < 4.78 is 36.2. The molecule has 0 saturated carbocycles. The Balaban J connectivity index is 3.13. The highest BCUT2D eigenvalue weighted by Gasteiger charge is 2.34. The maximum Gasteiger partial charge on any atom is 0.419 e. The first-order valence-electron chi connectivity index (χ1n) is 2.52. The quantitative estimate of drug-likeness (QED) is 0.753. The summed E-state index contributed by atoms with van der Waals surface area (Å²) in [6, 6.07) is 0.976. The number of halogens is 5. The third-order valence-electron chi connectivity index (χ3n) is 1.04. The second-order valence-electron chi connectivity index (χ2n) is 1.84. The Morgan fingerprint density at radius 2 is 1.82 bits per heavy atom. The van der Waals surface area contributed by atoms with Crippen molar-refractivity contribution in [2.24, 2.45) is 0 Å². The summed E-state index contributed by atoms with van der Waals surface area (Å²) in [5, 5.41) is 0. The lowest BCUT2D eigenvalue weighted by Crippen LogP contribution is -2.03. The first-order chi connectivity index (χ1) is 4.91. The molecule has 0 aliphatic carbocycles. The molecule has 1 aromatic heterocycles. The Kier molecular flexibility index (Phi) is 2.34. The lowest BCUT2D eigenvalue weighted by atomic mass is 10.3. The van der Waals surface area contributed by atoms with Crippen LogP contribution in [-0.4, -0.2) is 4.98 Å². The fourth-order valence-electron chi connectivity index (χ4n) is 0.605. The summed E-state index contributed by atoms with van der Waals surface area (Å²) in [5.41, 5.74) is -0.704. The fourth-order valence-corrected chi connectivity index (χ4v) is 1.85. The van der Waals surface area contributed by atoms with Crippen molar-refractivity contribution < 1.29 is 13.2 Å². The van der Waals surface area contributed by atoms with Crippen LogP contribution in [0.3, 0.4) is 0 Å². The van der Waals surface area contributed by atoms with Gasteiger partial charge < -0.3 is 4.98 Å². The van der Waals surface area contributed by atoms with Gasteiger partial charge in [0.1, 0.15) is 0 Å². The first-order valence-corrected chi connectivity index (χ1v) is 4.11. The number of hydrogen-bond donors (Lipinski definition) is 1. The number of rotatable bonds is 0. The van der Waals surface area contributed by atoms with E-state index in [1.807, 2.05) is 0 Å². The molecular weight excluding hydrogens is 291 g/mol. The summed E-state index contributed by atoms with van der Waals surface area (Å²) in [6.45, 7) is 0. The molecule has 62 valence electrons. The molecule has 1 N–H and O–H groups in total. The van der Waals surface area contributed by atoms with Crippen molar-refractivity contribution in [3.63, 3.8) is 0 Å². The average molecular weight is 293 g/mol. The van der Waals surface area contributed by atoms with E-state index in [-0.39, 0.29) is 4.60 Å². The van der Waals surface area contributed by atoms with Gasteiger partial charge in [0.25, 0.3) is 0 Å². The van der Waals surface area contributed by atoms with E-state index in [4.69, 9.17) is 0 Å². The van der Waals surface area contributed by atoms with Gasteiger partial charge in [-0.25, -0.2) is 0 Å². The van der Waals surface area contributed by atoms with Gasteiger partial charge in [0.2, 0.25) is 0 Å². The van der Waals surface area contributed by atoms with E-state index in [9.17, 15) is 13.2 Å². The van der Waals surface area contributed by atoms with E-state index < -0.39 is 11.7 Å². The molecule has 0 atom stereocenters. The van der Waals surface area contributed by atoms with Gasteiger partial charge in [0.05, 0.1) is 14.8 Å². The van der Waals surface area contributed by atoms with Gasteiger partial charge in [-0.15, -0.1) is 0 Å². The van der Waals surface area contributed by atoms with Crippen LogP contribution in [0.1, 0.15) is 5.56 Å². The SMILES string of the molecule is FC(F)(F)c1cc(Br)[nH]c1Br. The van der Waals surface area contributed by atoms with Gasteiger partial charge in [-0.1, -0.05) is 0 Å². The van der Waals surface area contributed by atoms with Crippen molar-refractivity contribution >= 4 is 31.9 Å². The highest BCUT2D eigenvalue weighted by Crippen LogP contribution is 2.36. The van der Waals surface area contributed by atoms with Crippen LogP contribution in [0.2, 0.25) is 0 Å². The highest BCUT2D eigenvalue weighted by molar-refractivity contribution is 9.11. The summed E-state index contributed by atoms with van der Waals surface area (Å²) in [7, 11) is 0. The van der Waals surface area contributed by atoms with Gasteiger partial charge in [0.15, 0.2) is 0 Å². The Bertz CT molecular complexity index is 265. The number of nitrogens with one attached hydrogen (secondary N) is 1. The van der Waals surface area contributed by atoms with Crippen LogP contribution in [0, 0.1) is 0 Å². The first kappa shape index (κ1) is 9.12. The number of aromatic amines is 1. The van der Waals surface area contributed by atoms with E-state index in [2.05, 4.69) is 36.8 Å². The average Bonchev–Trinajstić information content (AvgIpc) is 2.08. The Labute approximate surface area is 77.2 Å². The fraction of sp³-hybridized carbons (Fsp3) is 0.200. The number of hydrogen-bond acceptors (Lipinski definition) is 0. The minimum Gasteiger partial charge on any atom is -0.344 e. The molecule has 0 bridgehead atoms. The zero-order chi connectivity index (χ0) is 8.65. The largest absolute Gasteiger partial charge is 0.419 e. The standard InChI is InChI=1S/C5H2Br2F3N/c6-3-1-2(4(7)11-3)5(8,9)10/h1,11H. The molecule has 0 amide bonds. The van der Waals surface area contributed by atoms with Crippen molar-refractivity contribution in [2.45, 2.75) is 6.18 Å². The molecule has 0 aliphatic rings. The molecule has 0 saturated heterocycles. The van der Waals surface area contributed by atoms with Crippen LogP contribution in [0.4, 0.5) is 13.2 Å². The normalized spacial score (nSPS) is 12.1. The maximum absolute atomic E-state index is 12.0. The van der Waals surface area contributed by atoms with Crippen molar-refractivity contribution in [2.75, 3.05) is 0 Å². The Morgan fingerprint density at radius 1 is 1.27 bits per heavy atom. The van der Waals surface area contributed by atoms with Gasteiger partial charge >= 0.3 is 6.18 Å². The zero-order valence-electron chi connectivity index (χ0n) is 4.97. The van der Waals surface area contributed by atoms with Crippen LogP contribution in [-0.2, 0) is 6.18 Å². The van der Waals surface area contributed by atoms with Crippen LogP contribution in [0.25, 0.3) is 0 Å². The third-order valence-corrected chi connectivity index (χ3v) is 2.09. The molecule has 0 spiro atoms. The topological polar surface area (TPSA) is 15.8 Å². The molecule has 0 aliphatic heterocycles. The lowest BCUT2D eigenvalue weighted by molar-refractivity contribution is -0.138. The summed E-state index contributed by atoms with van der Waals surface area (Å²) in [6.07, 6.45) is -4.30. The molecule has 11 heavy (non-hydrogen) atoms. The predicted octanol–water partition coefficient (Wildman–Crippen LogP) is 3.56. The minimum absolute atomic E-state index is 0.0584. The van der Waals surface area contributed by atoms with E-state index in [0.717, 1.165) is 6.07 Å². The Morgan fingerprint density at radius 3 is 2.00 bits per heavy atom. The summed E-state index contributed by atoms with van der Waals surface area (Å²) in [5.74, 6) is 0. The number of H-pyrrole nitrogens is 1. The summed E-state index contributed by atoms with van der Waals surface area (Å²) >= 11 is 5.64. The maximum atomic E-state index is 12.0.